The summed E-state index contributed by atoms with van der Waals surface area (Å²) in [6.07, 6.45) is 6.67. The molecule has 17 heavy (non-hydrogen) atoms. The molecule has 2 aromatic rings. The molecule has 0 aliphatic rings. The minimum Gasteiger partial charge on any atom is -0.337 e. The lowest BCUT2D eigenvalue weighted by atomic mass is 10.2. The number of imidazole rings is 1. The van der Waals surface area contributed by atoms with Crippen molar-refractivity contribution >= 4 is 11.6 Å². The Labute approximate surface area is 103 Å². The summed E-state index contributed by atoms with van der Waals surface area (Å²) in [6.45, 7) is 0.499. The van der Waals surface area contributed by atoms with Gasteiger partial charge in [0.05, 0.1) is 23.1 Å². The fourth-order valence-electron chi connectivity index (χ4n) is 1.43. The number of pyridine rings is 1. The van der Waals surface area contributed by atoms with E-state index in [1.54, 1.807) is 30.9 Å². The van der Waals surface area contributed by atoms with Gasteiger partial charge in [-0.15, -0.1) is 0 Å². The van der Waals surface area contributed by atoms with Crippen molar-refractivity contribution in [1.29, 1.82) is 0 Å². The molecule has 7 heteroatoms. The fourth-order valence-corrected chi connectivity index (χ4v) is 1.54. The Bertz CT molecular complexity index is 514. The van der Waals surface area contributed by atoms with Gasteiger partial charge in [0, 0.05) is 30.0 Å². The van der Waals surface area contributed by atoms with Crippen molar-refractivity contribution in [1.82, 2.24) is 14.5 Å². The maximum absolute atomic E-state index is 8.56. The van der Waals surface area contributed by atoms with E-state index < -0.39 is 0 Å². The molecule has 0 fully saturated rings. The van der Waals surface area contributed by atoms with Crippen LogP contribution in [0.15, 0.2) is 42.2 Å². The number of nitrogens with zero attached hydrogens (tertiary/aromatic N) is 6. The fraction of sp³-hybridized carbons (Fsp3) is 0.200. The molecule has 0 radical (unpaired) electrons. The number of hydrogen-bond acceptors (Lipinski definition) is 3. The number of rotatable bonds is 4. The summed E-state index contributed by atoms with van der Waals surface area (Å²) in [5, 5.41) is 4.28. The van der Waals surface area contributed by atoms with Gasteiger partial charge >= 0.3 is 0 Å². The first-order valence-electron chi connectivity index (χ1n) is 4.91. The van der Waals surface area contributed by atoms with E-state index in [0.717, 1.165) is 0 Å². The van der Waals surface area contributed by atoms with Crippen LogP contribution in [0.1, 0.15) is 11.7 Å². The molecule has 0 bridgehead atoms. The summed E-state index contributed by atoms with van der Waals surface area (Å²) >= 11 is 5.76. The van der Waals surface area contributed by atoms with E-state index in [2.05, 4.69) is 20.0 Å². The van der Waals surface area contributed by atoms with Crippen LogP contribution in [-0.2, 0) is 6.54 Å². The zero-order chi connectivity index (χ0) is 12.1. The molecule has 0 aliphatic heterocycles. The van der Waals surface area contributed by atoms with Crippen LogP contribution in [0.5, 0.6) is 0 Å². The van der Waals surface area contributed by atoms with Crippen molar-refractivity contribution in [2.75, 3.05) is 0 Å². The Morgan fingerprint density at radius 3 is 3.00 bits per heavy atom. The van der Waals surface area contributed by atoms with Gasteiger partial charge in [-0.05, 0) is 17.7 Å². The second kappa shape index (κ2) is 5.34. The van der Waals surface area contributed by atoms with Gasteiger partial charge < -0.3 is 4.57 Å². The molecular weight excluding hydrogens is 240 g/mol. The molecule has 0 spiro atoms. The van der Waals surface area contributed by atoms with E-state index in [4.69, 9.17) is 17.1 Å². The molecule has 1 atom stereocenters. The zero-order valence-electron chi connectivity index (χ0n) is 8.81. The van der Waals surface area contributed by atoms with E-state index in [9.17, 15) is 0 Å². The van der Waals surface area contributed by atoms with Gasteiger partial charge in [-0.25, -0.2) is 4.98 Å². The number of hydrogen-bond donors (Lipinski definition) is 0. The van der Waals surface area contributed by atoms with Gasteiger partial charge in [0.25, 0.3) is 0 Å². The summed E-state index contributed by atoms with van der Waals surface area (Å²) in [5.41, 5.74) is 9.24. The van der Waals surface area contributed by atoms with Gasteiger partial charge in [-0.1, -0.05) is 16.7 Å². The van der Waals surface area contributed by atoms with Crippen LogP contribution in [0.3, 0.4) is 0 Å². The molecule has 0 aromatic carbocycles. The standard InChI is InChI=1S/C10H9ClN6/c11-8-1-2-9(14-5-8)10(15-16-12)6-17-4-3-13-7-17/h1-5,7,10H,6H2. The average molecular weight is 249 g/mol. The topological polar surface area (TPSA) is 79.5 Å². The van der Waals surface area contributed by atoms with E-state index in [-0.39, 0.29) is 6.04 Å². The molecule has 86 valence electrons. The highest BCUT2D eigenvalue weighted by Gasteiger charge is 2.11. The summed E-state index contributed by atoms with van der Waals surface area (Å²) in [5.74, 6) is 0. The van der Waals surface area contributed by atoms with Crippen molar-refractivity contribution < 1.29 is 0 Å². The van der Waals surface area contributed by atoms with Crippen LogP contribution < -0.4 is 0 Å². The van der Waals surface area contributed by atoms with Crippen molar-refractivity contribution in [3.63, 3.8) is 0 Å². The van der Waals surface area contributed by atoms with Crippen LogP contribution in [0.4, 0.5) is 0 Å². The quantitative estimate of drug-likeness (QED) is 0.474. The molecule has 0 N–H and O–H groups in total. The molecule has 0 saturated carbocycles. The Morgan fingerprint density at radius 2 is 2.41 bits per heavy atom. The predicted octanol–water partition coefficient (Wildman–Crippen LogP) is 2.98. The van der Waals surface area contributed by atoms with Gasteiger partial charge in [0.15, 0.2) is 0 Å². The highest BCUT2D eigenvalue weighted by atomic mass is 35.5. The molecule has 2 rings (SSSR count). The van der Waals surface area contributed by atoms with E-state index in [0.29, 0.717) is 17.3 Å². The highest BCUT2D eigenvalue weighted by molar-refractivity contribution is 6.30. The van der Waals surface area contributed by atoms with E-state index in [1.165, 1.54) is 6.20 Å². The largest absolute Gasteiger partial charge is 0.337 e. The molecule has 2 aromatic heterocycles. The van der Waals surface area contributed by atoms with Crippen molar-refractivity contribution in [2.24, 2.45) is 5.11 Å². The van der Waals surface area contributed by atoms with Crippen molar-refractivity contribution in [3.05, 3.63) is 58.2 Å². The van der Waals surface area contributed by atoms with Crippen LogP contribution in [0.25, 0.3) is 10.4 Å². The molecule has 6 nitrogen and oxygen atoms in total. The molecule has 2 heterocycles. The normalized spacial score (nSPS) is 11.8. The second-order valence-electron chi connectivity index (χ2n) is 3.38. The molecule has 1 unspecified atom stereocenters. The first-order chi connectivity index (χ1) is 8.29. The summed E-state index contributed by atoms with van der Waals surface area (Å²) < 4.78 is 1.83. The highest BCUT2D eigenvalue weighted by Crippen LogP contribution is 2.19. The summed E-state index contributed by atoms with van der Waals surface area (Å²) in [6, 6.07) is 3.10. The molecular formula is C10H9ClN6. The first kappa shape index (κ1) is 11.4. The lowest BCUT2D eigenvalue weighted by molar-refractivity contribution is 0.562. The number of azide groups is 1. The van der Waals surface area contributed by atoms with E-state index >= 15 is 0 Å². The lowest BCUT2D eigenvalue weighted by Crippen LogP contribution is -2.06. The third-order valence-corrected chi connectivity index (χ3v) is 2.45. The Kier molecular flexibility index (Phi) is 3.59. The smallest absolute Gasteiger partial charge is 0.0976 e. The average Bonchev–Trinajstić information content (AvgIpc) is 2.82. The minimum absolute atomic E-state index is 0.369. The maximum atomic E-state index is 8.56. The van der Waals surface area contributed by atoms with Crippen LogP contribution in [-0.4, -0.2) is 14.5 Å². The third kappa shape index (κ3) is 2.96. The number of aromatic nitrogens is 3. The summed E-state index contributed by atoms with van der Waals surface area (Å²) in [4.78, 5) is 10.9. The third-order valence-electron chi connectivity index (χ3n) is 2.23. The Morgan fingerprint density at radius 1 is 1.53 bits per heavy atom. The van der Waals surface area contributed by atoms with Crippen molar-refractivity contribution in [3.8, 4) is 0 Å². The lowest BCUT2D eigenvalue weighted by Gasteiger charge is -2.10. The monoisotopic (exact) mass is 248 g/mol. The van der Waals surface area contributed by atoms with Crippen LogP contribution >= 0.6 is 11.6 Å². The SMILES string of the molecule is [N-]=[N+]=NC(Cn1ccnc1)c1ccc(Cl)cn1. The number of halogens is 1. The Balaban J connectivity index is 2.22. The second-order valence-corrected chi connectivity index (χ2v) is 3.82. The van der Waals surface area contributed by atoms with Crippen LogP contribution in [0, 0.1) is 0 Å². The van der Waals surface area contributed by atoms with Gasteiger partial charge in [0.2, 0.25) is 0 Å². The summed E-state index contributed by atoms with van der Waals surface area (Å²) in [7, 11) is 0. The molecule has 0 aliphatic carbocycles. The van der Waals surface area contributed by atoms with Crippen molar-refractivity contribution in [2.45, 2.75) is 12.6 Å². The van der Waals surface area contributed by atoms with Gasteiger partial charge in [-0.2, -0.15) is 0 Å². The zero-order valence-corrected chi connectivity index (χ0v) is 9.57. The minimum atomic E-state index is -0.369. The first-order valence-corrected chi connectivity index (χ1v) is 5.29. The van der Waals surface area contributed by atoms with Gasteiger partial charge in [0.1, 0.15) is 0 Å². The molecule has 0 saturated heterocycles. The maximum Gasteiger partial charge on any atom is 0.0976 e. The van der Waals surface area contributed by atoms with E-state index in [1.807, 2.05) is 4.57 Å². The Hall–Kier alpha value is -2.04. The molecule has 0 amide bonds. The predicted molar refractivity (Wildman–Crippen MR) is 63.4 cm³/mol. The van der Waals surface area contributed by atoms with Crippen LogP contribution in [0.2, 0.25) is 5.02 Å². The van der Waals surface area contributed by atoms with Gasteiger partial charge in [-0.3, -0.25) is 4.98 Å².